The smallest absolute Gasteiger partial charge is 0.366 e. The van der Waals surface area contributed by atoms with Crippen LogP contribution in [0.1, 0.15) is 9.80 Å². The minimum Gasteiger partial charge on any atom is -0.476 e. The van der Waals surface area contributed by atoms with Gasteiger partial charge < -0.3 is 5.11 Å². The quantitative estimate of drug-likeness (QED) is 0.914. The second-order valence-corrected chi connectivity index (χ2v) is 4.45. The van der Waals surface area contributed by atoms with E-state index in [0.29, 0.717) is 21.4 Å². The molecule has 1 aromatic carbocycles. The molecule has 0 amide bonds. The fourth-order valence-electron chi connectivity index (χ4n) is 1.09. The number of carboxylic acid groups (broad SMARTS) is 1. The number of nitrogens with zero attached hydrogens (tertiary/aromatic N) is 2. The first-order chi connectivity index (χ1) is 7.58. The fraction of sp³-hybridized carbons (Fsp3) is 0. The van der Waals surface area contributed by atoms with Crippen molar-refractivity contribution in [3.8, 4) is 11.4 Å². The fourth-order valence-corrected chi connectivity index (χ4v) is 2.10. The lowest BCUT2D eigenvalue weighted by Gasteiger charge is -1.99. The molecule has 0 fully saturated rings. The van der Waals surface area contributed by atoms with E-state index in [1.165, 1.54) is 0 Å². The van der Waals surface area contributed by atoms with Gasteiger partial charge in [-0.3, -0.25) is 0 Å². The molecule has 1 heterocycles. The summed E-state index contributed by atoms with van der Waals surface area (Å²) in [5.41, 5.74) is 0.565. The molecular weight excluding hydrogens is 271 g/mol. The van der Waals surface area contributed by atoms with Crippen molar-refractivity contribution in [1.29, 1.82) is 0 Å². The molecule has 0 radical (unpaired) electrons. The monoisotopic (exact) mass is 274 g/mol. The largest absolute Gasteiger partial charge is 0.476 e. The molecule has 4 nitrogen and oxygen atoms in total. The summed E-state index contributed by atoms with van der Waals surface area (Å²) in [6.45, 7) is 0. The van der Waals surface area contributed by atoms with Crippen LogP contribution in [0.3, 0.4) is 0 Å². The highest BCUT2D eigenvalue weighted by Gasteiger charge is 2.14. The first-order valence-electron chi connectivity index (χ1n) is 4.10. The zero-order chi connectivity index (χ0) is 11.7. The first-order valence-corrected chi connectivity index (χ1v) is 5.63. The Morgan fingerprint density at radius 1 is 1.38 bits per heavy atom. The molecule has 0 aliphatic carbocycles. The lowest BCUT2D eigenvalue weighted by atomic mass is 10.2. The highest BCUT2D eigenvalue weighted by Crippen LogP contribution is 2.29. The van der Waals surface area contributed by atoms with E-state index in [4.69, 9.17) is 28.3 Å². The molecule has 0 aliphatic rings. The van der Waals surface area contributed by atoms with Gasteiger partial charge in [0.15, 0.2) is 5.82 Å². The second kappa shape index (κ2) is 4.37. The number of aromatic carboxylic acids is 1. The van der Waals surface area contributed by atoms with Gasteiger partial charge >= 0.3 is 5.97 Å². The van der Waals surface area contributed by atoms with Crippen molar-refractivity contribution in [2.45, 2.75) is 0 Å². The number of hydrogen-bond donors (Lipinski definition) is 1. The molecule has 0 saturated carbocycles. The van der Waals surface area contributed by atoms with Crippen LogP contribution >= 0.6 is 34.7 Å². The van der Waals surface area contributed by atoms with Crippen molar-refractivity contribution in [1.82, 2.24) is 9.36 Å². The molecule has 1 aromatic heterocycles. The normalized spacial score (nSPS) is 10.4. The molecule has 82 valence electrons. The molecule has 0 bridgehead atoms. The van der Waals surface area contributed by atoms with Crippen LogP contribution in [0.4, 0.5) is 0 Å². The Labute approximate surface area is 105 Å². The van der Waals surface area contributed by atoms with E-state index in [0.717, 1.165) is 11.5 Å². The standard InChI is InChI=1S/C9H4Cl2N2O2S/c10-4-1-2-5(6(11)3-4)7-12-8(9(14)15)16-13-7/h1-3H,(H,14,15). The van der Waals surface area contributed by atoms with Crippen LogP contribution in [-0.4, -0.2) is 20.4 Å². The SMILES string of the molecule is O=C(O)c1nc(-c2ccc(Cl)cc2Cl)ns1. The van der Waals surface area contributed by atoms with E-state index in [9.17, 15) is 4.79 Å². The maximum atomic E-state index is 10.6. The van der Waals surface area contributed by atoms with Crippen molar-refractivity contribution in [2.24, 2.45) is 0 Å². The van der Waals surface area contributed by atoms with Crippen molar-refractivity contribution in [3.63, 3.8) is 0 Å². The average Bonchev–Trinajstić information content (AvgIpc) is 2.66. The highest BCUT2D eigenvalue weighted by molar-refractivity contribution is 7.07. The van der Waals surface area contributed by atoms with Crippen LogP contribution < -0.4 is 0 Å². The summed E-state index contributed by atoms with van der Waals surface area (Å²) in [6.07, 6.45) is 0. The molecule has 0 atom stereocenters. The van der Waals surface area contributed by atoms with Gasteiger partial charge in [0.25, 0.3) is 0 Å². The maximum Gasteiger partial charge on any atom is 0.366 e. The van der Waals surface area contributed by atoms with Gasteiger partial charge in [-0.1, -0.05) is 23.2 Å². The summed E-state index contributed by atoms with van der Waals surface area (Å²) in [5.74, 6) is -0.807. The number of halogens is 2. The minimum absolute atomic E-state index is 0.0685. The zero-order valence-corrected chi connectivity index (χ0v) is 9.97. The molecule has 16 heavy (non-hydrogen) atoms. The van der Waals surface area contributed by atoms with E-state index in [-0.39, 0.29) is 5.01 Å². The van der Waals surface area contributed by atoms with Gasteiger partial charge in [0.05, 0.1) is 5.02 Å². The number of aromatic nitrogens is 2. The van der Waals surface area contributed by atoms with E-state index in [1.807, 2.05) is 0 Å². The van der Waals surface area contributed by atoms with Crippen molar-refractivity contribution >= 4 is 40.7 Å². The van der Waals surface area contributed by atoms with E-state index >= 15 is 0 Å². The third-order valence-electron chi connectivity index (χ3n) is 1.78. The number of hydrogen-bond acceptors (Lipinski definition) is 4. The Balaban J connectivity index is 2.46. The zero-order valence-electron chi connectivity index (χ0n) is 7.65. The lowest BCUT2D eigenvalue weighted by Crippen LogP contribution is -1.94. The van der Waals surface area contributed by atoms with Crippen LogP contribution in [0.5, 0.6) is 0 Å². The van der Waals surface area contributed by atoms with E-state index in [1.54, 1.807) is 18.2 Å². The third kappa shape index (κ3) is 2.16. The van der Waals surface area contributed by atoms with Gasteiger partial charge in [-0.25, -0.2) is 9.78 Å². The second-order valence-electron chi connectivity index (χ2n) is 2.85. The van der Waals surface area contributed by atoms with E-state index < -0.39 is 5.97 Å². The summed E-state index contributed by atoms with van der Waals surface area (Å²) >= 11 is 12.5. The molecule has 1 N–H and O–H groups in total. The lowest BCUT2D eigenvalue weighted by molar-refractivity contribution is 0.0696. The summed E-state index contributed by atoms with van der Waals surface area (Å²) in [4.78, 5) is 14.5. The Morgan fingerprint density at radius 2 is 2.12 bits per heavy atom. The van der Waals surface area contributed by atoms with Crippen molar-refractivity contribution in [2.75, 3.05) is 0 Å². The van der Waals surface area contributed by atoms with Gasteiger partial charge in [-0.15, -0.1) is 0 Å². The number of rotatable bonds is 2. The van der Waals surface area contributed by atoms with Crippen LogP contribution in [0.15, 0.2) is 18.2 Å². The predicted molar refractivity (Wildman–Crippen MR) is 62.3 cm³/mol. The molecule has 2 aromatic rings. The number of benzene rings is 1. The average molecular weight is 275 g/mol. The van der Waals surface area contributed by atoms with Crippen LogP contribution in [0.25, 0.3) is 11.4 Å². The summed E-state index contributed by atoms with van der Waals surface area (Å²) < 4.78 is 3.92. The maximum absolute atomic E-state index is 10.6. The Kier molecular flexibility index (Phi) is 3.09. The first kappa shape index (κ1) is 11.3. The van der Waals surface area contributed by atoms with Crippen LogP contribution in [-0.2, 0) is 0 Å². The molecule has 0 saturated heterocycles. The molecule has 0 aliphatic heterocycles. The van der Waals surface area contributed by atoms with Gasteiger partial charge in [-0.2, -0.15) is 4.37 Å². The molecule has 2 rings (SSSR count). The topological polar surface area (TPSA) is 63.1 Å². The van der Waals surface area contributed by atoms with Crippen LogP contribution in [0.2, 0.25) is 10.0 Å². The highest BCUT2D eigenvalue weighted by atomic mass is 35.5. The minimum atomic E-state index is -1.10. The summed E-state index contributed by atoms with van der Waals surface area (Å²) in [6, 6.07) is 4.85. The number of carbonyl (C=O) groups is 1. The van der Waals surface area contributed by atoms with Crippen molar-refractivity contribution in [3.05, 3.63) is 33.3 Å². The predicted octanol–water partition coefficient (Wildman–Crippen LogP) is 3.21. The molecule has 7 heteroatoms. The number of carboxylic acids is 1. The van der Waals surface area contributed by atoms with Gasteiger partial charge in [0.1, 0.15) is 0 Å². The molecular formula is C9H4Cl2N2O2S. The third-order valence-corrected chi connectivity index (χ3v) is 3.03. The summed E-state index contributed by atoms with van der Waals surface area (Å²) in [5, 5.41) is 9.54. The Hall–Kier alpha value is -1.17. The Morgan fingerprint density at radius 3 is 2.69 bits per heavy atom. The van der Waals surface area contributed by atoms with Gasteiger partial charge in [-0.05, 0) is 29.7 Å². The van der Waals surface area contributed by atoms with E-state index in [2.05, 4.69) is 9.36 Å². The summed E-state index contributed by atoms with van der Waals surface area (Å²) in [7, 11) is 0. The van der Waals surface area contributed by atoms with Gasteiger partial charge in [0.2, 0.25) is 5.01 Å². The van der Waals surface area contributed by atoms with Gasteiger partial charge in [0, 0.05) is 10.6 Å². The van der Waals surface area contributed by atoms with Crippen molar-refractivity contribution < 1.29 is 9.90 Å². The van der Waals surface area contributed by atoms with Crippen LogP contribution in [0, 0.1) is 0 Å². The molecule has 0 spiro atoms. The molecule has 0 unspecified atom stereocenters. The Bertz CT molecular complexity index is 556.